The average molecular weight is 407 g/mol. The smallest absolute Gasteiger partial charge is 0.234 e. The predicted molar refractivity (Wildman–Crippen MR) is 108 cm³/mol. The number of alkyl halides is 1. The van der Waals surface area contributed by atoms with Crippen LogP contribution in [-0.4, -0.2) is 43.8 Å². The molecule has 0 radical (unpaired) electrons. The summed E-state index contributed by atoms with van der Waals surface area (Å²) in [7, 11) is -3.18. The molecule has 0 aliphatic carbocycles. The number of rotatable bonds is 6. The normalized spacial score (nSPS) is 22.3. The zero-order chi connectivity index (χ0) is 19.4. The SMILES string of the molecule is Cc1ccc([C@@H](NCC(=O)N[C@H]2CS(=O)(=O)C[C@@H]2Cl)c2ccccc2)cc1. The van der Waals surface area contributed by atoms with Gasteiger partial charge in [-0.3, -0.25) is 10.1 Å². The molecule has 0 bridgehead atoms. The Bertz CT molecular complexity index is 885. The second-order valence-corrected chi connectivity index (χ2v) is 9.62. The largest absolute Gasteiger partial charge is 0.350 e. The third kappa shape index (κ3) is 5.31. The van der Waals surface area contributed by atoms with Gasteiger partial charge in [0.05, 0.1) is 35.5 Å². The lowest BCUT2D eigenvalue weighted by molar-refractivity contribution is -0.120. The number of benzene rings is 2. The molecular weight excluding hydrogens is 384 g/mol. The van der Waals surface area contributed by atoms with Crippen molar-refractivity contribution in [3.63, 3.8) is 0 Å². The van der Waals surface area contributed by atoms with Crippen molar-refractivity contribution in [1.29, 1.82) is 0 Å². The minimum atomic E-state index is -3.18. The van der Waals surface area contributed by atoms with Gasteiger partial charge in [-0.15, -0.1) is 11.6 Å². The Morgan fingerprint density at radius 3 is 2.30 bits per heavy atom. The van der Waals surface area contributed by atoms with Crippen LogP contribution in [0.1, 0.15) is 22.7 Å². The molecule has 0 aromatic heterocycles. The van der Waals surface area contributed by atoms with Crippen LogP contribution in [0.2, 0.25) is 0 Å². The fourth-order valence-corrected chi connectivity index (χ4v) is 5.77. The van der Waals surface area contributed by atoms with Gasteiger partial charge in [0.1, 0.15) is 0 Å². The third-order valence-electron chi connectivity index (χ3n) is 4.64. The molecule has 7 heteroatoms. The van der Waals surface area contributed by atoms with Gasteiger partial charge in [0.25, 0.3) is 0 Å². The van der Waals surface area contributed by atoms with E-state index in [9.17, 15) is 13.2 Å². The summed E-state index contributed by atoms with van der Waals surface area (Å²) < 4.78 is 23.3. The standard InChI is InChI=1S/C20H23ClN2O3S/c1-14-7-9-16(10-8-14)20(15-5-3-2-4-6-15)22-11-19(24)23-18-13-27(25,26)12-17(18)21/h2-10,17-18,20,22H,11-13H2,1H3,(H,23,24)/t17-,18-,20-/m0/s1. The Balaban J connectivity index is 1.68. The zero-order valence-corrected chi connectivity index (χ0v) is 16.6. The van der Waals surface area contributed by atoms with Crippen LogP contribution in [-0.2, 0) is 14.6 Å². The Morgan fingerprint density at radius 2 is 1.70 bits per heavy atom. The molecule has 2 aromatic carbocycles. The number of carbonyl (C=O) groups excluding carboxylic acids is 1. The number of hydrogen-bond acceptors (Lipinski definition) is 4. The first-order chi connectivity index (χ1) is 12.8. The topological polar surface area (TPSA) is 75.3 Å². The Morgan fingerprint density at radius 1 is 1.07 bits per heavy atom. The summed E-state index contributed by atoms with van der Waals surface area (Å²) in [6, 6.07) is 17.3. The van der Waals surface area contributed by atoms with E-state index >= 15 is 0 Å². The minimum Gasteiger partial charge on any atom is -0.350 e. The van der Waals surface area contributed by atoms with E-state index in [0.717, 1.165) is 11.1 Å². The molecular formula is C20H23ClN2O3S. The molecule has 3 atom stereocenters. The van der Waals surface area contributed by atoms with E-state index in [-0.39, 0.29) is 30.0 Å². The first-order valence-electron chi connectivity index (χ1n) is 8.83. The maximum atomic E-state index is 12.3. The predicted octanol–water partition coefficient (Wildman–Crippen LogP) is 2.19. The van der Waals surface area contributed by atoms with Crippen LogP contribution in [0.3, 0.4) is 0 Å². The molecule has 2 aromatic rings. The lowest BCUT2D eigenvalue weighted by Gasteiger charge is -2.21. The second-order valence-electron chi connectivity index (χ2n) is 6.90. The van der Waals surface area contributed by atoms with Crippen LogP contribution < -0.4 is 10.6 Å². The van der Waals surface area contributed by atoms with Crippen LogP contribution in [0, 0.1) is 6.92 Å². The quantitative estimate of drug-likeness (QED) is 0.721. The number of halogens is 1. The van der Waals surface area contributed by atoms with Gasteiger partial charge in [-0.25, -0.2) is 8.42 Å². The molecule has 3 rings (SSSR count). The van der Waals surface area contributed by atoms with Gasteiger partial charge in [0.2, 0.25) is 5.91 Å². The molecule has 0 saturated carbocycles. The number of amides is 1. The molecule has 1 fully saturated rings. The molecule has 0 unspecified atom stereocenters. The Hall–Kier alpha value is -1.89. The zero-order valence-electron chi connectivity index (χ0n) is 15.1. The molecule has 144 valence electrons. The molecule has 1 heterocycles. The van der Waals surface area contributed by atoms with Gasteiger partial charge in [0.15, 0.2) is 9.84 Å². The molecule has 2 N–H and O–H groups in total. The fraction of sp³-hybridized carbons (Fsp3) is 0.350. The number of nitrogens with one attached hydrogen (secondary N) is 2. The molecule has 1 saturated heterocycles. The molecule has 0 spiro atoms. The van der Waals surface area contributed by atoms with Gasteiger partial charge in [-0.2, -0.15) is 0 Å². The van der Waals surface area contributed by atoms with Gasteiger partial charge in [0, 0.05) is 0 Å². The Labute approximate surface area is 165 Å². The third-order valence-corrected chi connectivity index (χ3v) is 7.02. The highest BCUT2D eigenvalue weighted by Gasteiger charge is 2.37. The van der Waals surface area contributed by atoms with E-state index < -0.39 is 21.3 Å². The van der Waals surface area contributed by atoms with Crippen molar-refractivity contribution in [1.82, 2.24) is 10.6 Å². The summed E-state index contributed by atoms with van der Waals surface area (Å²) in [5, 5.41) is 5.43. The summed E-state index contributed by atoms with van der Waals surface area (Å²) in [6.45, 7) is 2.09. The Kier molecular flexibility index (Phi) is 6.19. The maximum absolute atomic E-state index is 12.3. The highest BCUT2D eigenvalue weighted by molar-refractivity contribution is 7.91. The van der Waals surface area contributed by atoms with Crippen LogP contribution in [0.15, 0.2) is 54.6 Å². The van der Waals surface area contributed by atoms with Gasteiger partial charge < -0.3 is 5.32 Å². The van der Waals surface area contributed by atoms with E-state index in [1.807, 2.05) is 61.5 Å². The number of sulfone groups is 1. The summed E-state index contributed by atoms with van der Waals surface area (Å²) in [5.74, 6) is -0.466. The van der Waals surface area contributed by atoms with E-state index in [0.29, 0.717) is 0 Å². The maximum Gasteiger partial charge on any atom is 0.234 e. The van der Waals surface area contributed by atoms with E-state index in [1.54, 1.807) is 0 Å². The van der Waals surface area contributed by atoms with E-state index in [1.165, 1.54) is 5.56 Å². The first-order valence-corrected chi connectivity index (χ1v) is 11.1. The van der Waals surface area contributed by atoms with Crippen molar-refractivity contribution in [3.8, 4) is 0 Å². The first kappa shape index (κ1) is 19.9. The van der Waals surface area contributed by atoms with Crippen molar-refractivity contribution in [2.24, 2.45) is 0 Å². The van der Waals surface area contributed by atoms with Gasteiger partial charge in [-0.05, 0) is 18.1 Å². The van der Waals surface area contributed by atoms with Crippen LogP contribution in [0.5, 0.6) is 0 Å². The minimum absolute atomic E-state index is 0.0631. The van der Waals surface area contributed by atoms with E-state index in [2.05, 4.69) is 10.6 Å². The van der Waals surface area contributed by atoms with Crippen LogP contribution >= 0.6 is 11.6 Å². The summed E-state index contributed by atoms with van der Waals surface area (Å²) >= 11 is 6.06. The van der Waals surface area contributed by atoms with Crippen molar-refractivity contribution < 1.29 is 13.2 Å². The van der Waals surface area contributed by atoms with Crippen molar-refractivity contribution in [2.45, 2.75) is 24.4 Å². The van der Waals surface area contributed by atoms with E-state index in [4.69, 9.17) is 11.6 Å². The highest BCUT2D eigenvalue weighted by atomic mass is 35.5. The molecule has 1 aliphatic heterocycles. The monoisotopic (exact) mass is 406 g/mol. The average Bonchev–Trinajstić information content (AvgIpc) is 2.89. The second kappa shape index (κ2) is 8.42. The lowest BCUT2D eigenvalue weighted by Crippen LogP contribution is -2.45. The molecule has 1 amide bonds. The van der Waals surface area contributed by atoms with Crippen molar-refractivity contribution in [2.75, 3.05) is 18.1 Å². The highest BCUT2D eigenvalue weighted by Crippen LogP contribution is 2.22. The van der Waals surface area contributed by atoms with Crippen molar-refractivity contribution >= 4 is 27.3 Å². The van der Waals surface area contributed by atoms with Crippen LogP contribution in [0.4, 0.5) is 0 Å². The van der Waals surface area contributed by atoms with Gasteiger partial charge >= 0.3 is 0 Å². The van der Waals surface area contributed by atoms with Gasteiger partial charge in [-0.1, -0.05) is 60.2 Å². The summed E-state index contributed by atoms with van der Waals surface area (Å²) in [5.41, 5.74) is 3.27. The summed E-state index contributed by atoms with van der Waals surface area (Å²) in [6.07, 6.45) is 0. The molecule has 1 aliphatic rings. The molecule has 5 nitrogen and oxygen atoms in total. The van der Waals surface area contributed by atoms with Crippen molar-refractivity contribution in [3.05, 3.63) is 71.3 Å². The number of hydrogen-bond donors (Lipinski definition) is 2. The molecule has 27 heavy (non-hydrogen) atoms. The summed E-state index contributed by atoms with van der Waals surface area (Å²) in [4.78, 5) is 12.3. The fourth-order valence-electron chi connectivity index (χ4n) is 3.22. The van der Waals surface area contributed by atoms with Crippen LogP contribution in [0.25, 0.3) is 0 Å². The number of aryl methyl sites for hydroxylation is 1. The number of carbonyl (C=O) groups is 1. The lowest BCUT2D eigenvalue weighted by atomic mass is 9.98.